The Bertz CT molecular complexity index is 511. The van der Waals surface area contributed by atoms with E-state index in [0.29, 0.717) is 13.0 Å². The first-order valence-corrected chi connectivity index (χ1v) is 6.81. The molecule has 0 aromatic carbocycles. The first kappa shape index (κ1) is 15.2. The van der Waals surface area contributed by atoms with Crippen LogP contribution in [-0.4, -0.2) is 48.9 Å². The van der Waals surface area contributed by atoms with Crippen molar-refractivity contribution >= 4 is 17.8 Å². The number of likely N-dealkylation sites (tertiary alicyclic amines) is 1. The highest BCUT2D eigenvalue weighted by molar-refractivity contribution is 6.03. The van der Waals surface area contributed by atoms with E-state index in [1.54, 1.807) is 11.0 Å². The third-order valence-corrected chi connectivity index (χ3v) is 3.43. The summed E-state index contributed by atoms with van der Waals surface area (Å²) in [4.78, 5) is 37.0. The normalized spacial score (nSPS) is 19.0. The number of nitrogens with one attached hydrogen (secondary N) is 1. The molecule has 21 heavy (non-hydrogen) atoms. The van der Waals surface area contributed by atoms with Gasteiger partial charge in [0.2, 0.25) is 5.91 Å². The summed E-state index contributed by atoms with van der Waals surface area (Å²) in [7, 11) is 1.33. The first-order valence-electron chi connectivity index (χ1n) is 6.81. The van der Waals surface area contributed by atoms with Crippen molar-refractivity contribution in [2.24, 2.45) is 0 Å². The molecule has 0 saturated carbocycles. The lowest BCUT2D eigenvalue weighted by Crippen LogP contribution is -2.50. The van der Waals surface area contributed by atoms with E-state index < -0.39 is 17.9 Å². The van der Waals surface area contributed by atoms with Crippen molar-refractivity contribution in [2.75, 3.05) is 20.2 Å². The lowest BCUT2D eigenvalue weighted by molar-refractivity contribution is -0.148. The summed E-state index contributed by atoms with van der Waals surface area (Å²) in [6, 6.07) is 2.62. The molecule has 1 atom stereocenters. The van der Waals surface area contributed by atoms with Crippen molar-refractivity contribution in [2.45, 2.75) is 25.3 Å². The summed E-state index contributed by atoms with van der Waals surface area (Å²) in [5.41, 5.74) is 0. The molecule has 0 spiro atoms. The van der Waals surface area contributed by atoms with Gasteiger partial charge in [-0.3, -0.25) is 24.6 Å². The Morgan fingerprint density at radius 3 is 2.90 bits per heavy atom. The number of methoxy groups -OCH3 is 1. The van der Waals surface area contributed by atoms with E-state index in [4.69, 9.17) is 9.15 Å². The number of nitrogens with zero attached hydrogens (tertiary/aromatic N) is 1. The first-order chi connectivity index (χ1) is 10.1. The number of rotatable bonds is 4. The number of piperidine rings is 1. The Hall–Kier alpha value is -2.15. The third kappa shape index (κ3) is 3.91. The molecule has 2 amide bonds. The predicted octanol–water partition coefficient (Wildman–Crippen LogP) is 0.564. The minimum absolute atomic E-state index is 0.0216. The molecular formula is C14H18N2O5. The molecule has 0 aliphatic carbocycles. The number of furan rings is 1. The van der Waals surface area contributed by atoms with Crippen LogP contribution in [0.1, 0.15) is 29.8 Å². The highest BCUT2D eigenvalue weighted by Gasteiger charge is 2.31. The van der Waals surface area contributed by atoms with Gasteiger partial charge >= 0.3 is 5.97 Å². The van der Waals surface area contributed by atoms with Gasteiger partial charge in [-0.05, 0) is 31.5 Å². The van der Waals surface area contributed by atoms with Crippen LogP contribution in [0.5, 0.6) is 0 Å². The largest absolute Gasteiger partial charge is 0.468 e. The second-order valence-corrected chi connectivity index (χ2v) is 4.86. The van der Waals surface area contributed by atoms with Crippen molar-refractivity contribution in [3.63, 3.8) is 0 Å². The van der Waals surface area contributed by atoms with Gasteiger partial charge in [0.1, 0.15) is 6.04 Å². The predicted molar refractivity (Wildman–Crippen MR) is 72.4 cm³/mol. The zero-order valence-electron chi connectivity index (χ0n) is 11.8. The fraction of sp³-hybridized carbons (Fsp3) is 0.500. The molecule has 1 saturated heterocycles. The van der Waals surface area contributed by atoms with E-state index in [-0.39, 0.29) is 18.3 Å². The van der Waals surface area contributed by atoms with Gasteiger partial charge in [0.25, 0.3) is 5.91 Å². The number of hydrogen-bond donors (Lipinski definition) is 1. The summed E-state index contributed by atoms with van der Waals surface area (Å²) >= 11 is 0. The minimum atomic E-state index is -0.586. The van der Waals surface area contributed by atoms with Crippen LogP contribution in [0.15, 0.2) is 22.8 Å². The fourth-order valence-electron chi connectivity index (χ4n) is 2.40. The van der Waals surface area contributed by atoms with Gasteiger partial charge < -0.3 is 9.15 Å². The van der Waals surface area contributed by atoms with Gasteiger partial charge in [0.15, 0.2) is 5.76 Å². The molecule has 2 heterocycles. The number of carbonyl (C=O) groups is 3. The van der Waals surface area contributed by atoms with Crippen LogP contribution in [0.2, 0.25) is 0 Å². The van der Waals surface area contributed by atoms with E-state index in [9.17, 15) is 14.4 Å². The summed E-state index contributed by atoms with van der Waals surface area (Å²) in [5.74, 6) is -1.32. The molecule has 114 valence electrons. The second kappa shape index (κ2) is 7.03. The lowest BCUT2D eigenvalue weighted by atomic mass is 10.0. The Morgan fingerprint density at radius 1 is 1.43 bits per heavy atom. The van der Waals surface area contributed by atoms with Crippen molar-refractivity contribution in [1.29, 1.82) is 0 Å². The van der Waals surface area contributed by atoms with E-state index >= 15 is 0 Å². The Labute approximate surface area is 122 Å². The van der Waals surface area contributed by atoms with Crippen molar-refractivity contribution in [1.82, 2.24) is 10.2 Å². The van der Waals surface area contributed by atoms with Crippen molar-refractivity contribution < 1.29 is 23.5 Å². The van der Waals surface area contributed by atoms with Gasteiger partial charge in [-0.25, -0.2) is 0 Å². The van der Waals surface area contributed by atoms with Crippen molar-refractivity contribution in [3.05, 3.63) is 24.2 Å². The number of amides is 2. The molecule has 1 aromatic rings. The SMILES string of the molecule is COC(=O)[C@H]1CCCCN1CC(=O)NC(=O)c1ccco1. The molecule has 0 bridgehead atoms. The maximum Gasteiger partial charge on any atom is 0.323 e. The van der Waals surface area contributed by atoms with Gasteiger partial charge in [-0.2, -0.15) is 0 Å². The summed E-state index contributed by atoms with van der Waals surface area (Å²) < 4.78 is 9.66. The number of hydrogen-bond acceptors (Lipinski definition) is 6. The molecule has 1 aromatic heterocycles. The Balaban J connectivity index is 1.91. The minimum Gasteiger partial charge on any atom is -0.468 e. The molecule has 1 N–H and O–H groups in total. The van der Waals surface area contributed by atoms with Crippen molar-refractivity contribution in [3.8, 4) is 0 Å². The maximum absolute atomic E-state index is 11.9. The fourth-order valence-corrected chi connectivity index (χ4v) is 2.40. The van der Waals surface area contributed by atoms with Crippen LogP contribution in [0.25, 0.3) is 0 Å². The average molecular weight is 294 g/mol. The standard InChI is InChI=1S/C14H18N2O5/c1-20-14(19)10-5-2-3-7-16(10)9-12(17)15-13(18)11-6-4-8-21-11/h4,6,8,10H,2-3,5,7,9H2,1H3,(H,15,17,18)/t10-/m1/s1. The number of ether oxygens (including phenoxy) is 1. The summed E-state index contributed by atoms with van der Waals surface area (Å²) in [5, 5.41) is 2.24. The molecule has 1 aliphatic rings. The topological polar surface area (TPSA) is 88.9 Å². The molecule has 1 aliphatic heterocycles. The van der Waals surface area contributed by atoms with Crippen LogP contribution in [-0.2, 0) is 14.3 Å². The van der Waals surface area contributed by atoms with E-state index in [1.165, 1.54) is 19.4 Å². The van der Waals surface area contributed by atoms with E-state index in [0.717, 1.165) is 12.8 Å². The zero-order chi connectivity index (χ0) is 15.2. The van der Waals surface area contributed by atoms with Gasteiger partial charge in [-0.15, -0.1) is 0 Å². The highest BCUT2D eigenvalue weighted by atomic mass is 16.5. The van der Waals surface area contributed by atoms with Crippen LogP contribution < -0.4 is 5.32 Å². The molecular weight excluding hydrogens is 276 g/mol. The van der Waals surface area contributed by atoms with Crippen LogP contribution in [0.3, 0.4) is 0 Å². The summed E-state index contributed by atoms with van der Waals surface area (Å²) in [6.45, 7) is 0.606. The van der Waals surface area contributed by atoms with Gasteiger partial charge in [0, 0.05) is 0 Å². The molecule has 7 heteroatoms. The summed E-state index contributed by atoms with van der Waals surface area (Å²) in [6.07, 6.45) is 3.85. The van der Waals surface area contributed by atoms with Crippen LogP contribution in [0, 0.1) is 0 Å². The lowest BCUT2D eigenvalue weighted by Gasteiger charge is -2.32. The number of esters is 1. The number of carbonyl (C=O) groups excluding carboxylic acids is 3. The maximum atomic E-state index is 11.9. The third-order valence-electron chi connectivity index (χ3n) is 3.43. The quantitative estimate of drug-likeness (QED) is 0.816. The molecule has 0 radical (unpaired) electrons. The Kier molecular flexibility index (Phi) is 5.10. The second-order valence-electron chi connectivity index (χ2n) is 4.86. The van der Waals surface area contributed by atoms with Gasteiger partial charge in [0.05, 0.1) is 19.9 Å². The van der Waals surface area contributed by atoms with Gasteiger partial charge in [-0.1, -0.05) is 6.42 Å². The monoisotopic (exact) mass is 294 g/mol. The molecule has 0 unspecified atom stereocenters. The van der Waals surface area contributed by atoms with Crippen LogP contribution >= 0.6 is 0 Å². The molecule has 1 fully saturated rings. The average Bonchev–Trinajstić information content (AvgIpc) is 3.01. The smallest absolute Gasteiger partial charge is 0.323 e. The molecule has 2 rings (SSSR count). The van der Waals surface area contributed by atoms with Crippen LogP contribution in [0.4, 0.5) is 0 Å². The van der Waals surface area contributed by atoms with E-state index in [2.05, 4.69) is 5.32 Å². The van der Waals surface area contributed by atoms with E-state index in [1.807, 2.05) is 0 Å². The zero-order valence-corrected chi connectivity index (χ0v) is 11.8. The Morgan fingerprint density at radius 2 is 2.24 bits per heavy atom. The molecule has 7 nitrogen and oxygen atoms in total. The number of imide groups is 1. The highest BCUT2D eigenvalue weighted by Crippen LogP contribution is 2.17.